The summed E-state index contributed by atoms with van der Waals surface area (Å²) in [5.41, 5.74) is 6.11. The molecule has 0 aromatic heterocycles. The zero-order valence-corrected chi connectivity index (χ0v) is 9.17. The fourth-order valence-corrected chi connectivity index (χ4v) is 3.20. The summed E-state index contributed by atoms with van der Waals surface area (Å²) in [5.74, 6) is 0. The first-order valence-corrected chi connectivity index (χ1v) is 6.21. The van der Waals surface area contributed by atoms with Crippen LogP contribution in [0.3, 0.4) is 0 Å². The predicted molar refractivity (Wildman–Crippen MR) is 62.5 cm³/mol. The summed E-state index contributed by atoms with van der Waals surface area (Å²) in [4.78, 5) is 1.36. The molecule has 2 atom stereocenters. The molecule has 14 heavy (non-hydrogen) atoms. The molecular weight excluding hydrogens is 190 g/mol. The first kappa shape index (κ1) is 10.1. The maximum Gasteiger partial charge on any atom is 0.0246 e. The summed E-state index contributed by atoms with van der Waals surface area (Å²) >= 11 is 1.95. The molecule has 1 nitrogen and oxygen atoms in total. The van der Waals surface area contributed by atoms with Crippen LogP contribution in [-0.4, -0.2) is 11.3 Å². The number of rotatable bonds is 2. The first-order valence-electron chi connectivity index (χ1n) is 5.33. The van der Waals surface area contributed by atoms with E-state index in [9.17, 15) is 0 Å². The number of benzene rings is 1. The standard InChI is InChI=1S/C12H17NS/c13-11-8-4-5-9-12(11)14-10-6-2-1-3-7-10/h1-3,6-7,11-12H,4-5,8-9,13H2/t11-,12+/m0/s1. The summed E-state index contributed by atoms with van der Waals surface area (Å²) in [7, 11) is 0. The Labute approximate surface area is 90.1 Å². The lowest BCUT2D eigenvalue weighted by molar-refractivity contribution is 0.453. The molecule has 0 saturated heterocycles. The lowest BCUT2D eigenvalue weighted by atomic mass is 9.96. The molecule has 0 spiro atoms. The second-order valence-electron chi connectivity index (χ2n) is 3.92. The van der Waals surface area contributed by atoms with Gasteiger partial charge >= 0.3 is 0 Å². The van der Waals surface area contributed by atoms with Crippen LogP contribution in [0.15, 0.2) is 35.2 Å². The van der Waals surface area contributed by atoms with Gasteiger partial charge in [0.2, 0.25) is 0 Å². The van der Waals surface area contributed by atoms with E-state index in [1.54, 1.807) is 0 Å². The molecule has 1 saturated carbocycles. The molecule has 1 aromatic carbocycles. The summed E-state index contributed by atoms with van der Waals surface area (Å²) in [6.07, 6.45) is 5.14. The van der Waals surface area contributed by atoms with E-state index in [2.05, 4.69) is 30.3 Å². The zero-order chi connectivity index (χ0) is 9.80. The number of hydrogen-bond acceptors (Lipinski definition) is 2. The third-order valence-electron chi connectivity index (χ3n) is 2.78. The van der Waals surface area contributed by atoms with Crippen molar-refractivity contribution >= 4 is 11.8 Å². The third kappa shape index (κ3) is 2.52. The van der Waals surface area contributed by atoms with Crippen LogP contribution in [0.4, 0.5) is 0 Å². The quantitative estimate of drug-likeness (QED) is 0.806. The van der Waals surface area contributed by atoms with Crippen LogP contribution in [0.1, 0.15) is 25.7 Å². The number of thioether (sulfide) groups is 1. The summed E-state index contributed by atoms with van der Waals surface area (Å²) < 4.78 is 0. The second kappa shape index (κ2) is 4.85. The highest BCUT2D eigenvalue weighted by Gasteiger charge is 2.22. The van der Waals surface area contributed by atoms with Gasteiger partial charge in [-0.1, -0.05) is 31.0 Å². The van der Waals surface area contributed by atoms with E-state index in [-0.39, 0.29) is 0 Å². The van der Waals surface area contributed by atoms with Crippen molar-refractivity contribution in [3.63, 3.8) is 0 Å². The van der Waals surface area contributed by atoms with Crippen LogP contribution >= 0.6 is 11.8 Å². The molecule has 0 radical (unpaired) electrons. The Morgan fingerprint density at radius 3 is 2.50 bits per heavy atom. The van der Waals surface area contributed by atoms with Crippen molar-refractivity contribution in [1.29, 1.82) is 0 Å². The fourth-order valence-electron chi connectivity index (χ4n) is 1.95. The Kier molecular flexibility index (Phi) is 3.49. The van der Waals surface area contributed by atoms with E-state index in [0.29, 0.717) is 11.3 Å². The van der Waals surface area contributed by atoms with E-state index in [1.165, 1.54) is 30.6 Å². The Morgan fingerprint density at radius 2 is 1.79 bits per heavy atom. The molecule has 1 fully saturated rings. The summed E-state index contributed by atoms with van der Waals surface area (Å²) in [6, 6.07) is 11.0. The number of nitrogens with two attached hydrogens (primary N) is 1. The van der Waals surface area contributed by atoms with Crippen molar-refractivity contribution in [2.24, 2.45) is 5.73 Å². The molecule has 0 unspecified atom stereocenters. The highest BCUT2D eigenvalue weighted by molar-refractivity contribution is 8.00. The zero-order valence-electron chi connectivity index (χ0n) is 8.36. The Hall–Kier alpha value is -0.470. The van der Waals surface area contributed by atoms with E-state index < -0.39 is 0 Å². The minimum atomic E-state index is 0.397. The molecule has 1 aliphatic carbocycles. The van der Waals surface area contributed by atoms with Crippen LogP contribution in [0.2, 0.25) is 0 Å². The smallest absolute Gasteiger partial charge is 0.0246 e. The van der Waals surface area contributed by atoms with Gasteiger partial charge in [-0.25, -0.2) is 0 Å². The molecule has 76 valence electrons. The first-order chi connectivity index (χ1) is 6.86. The highest BCUT2D eigenvalue weighted by Crippen LogP contribution is 2.32. The molecule has 0 heterocycles. The molecule has 0 bridgehead atoms. The van der Waals surface area contributed by atoms with Gasteiger partial charge in [-0.05, 0) is 25.0 Å². The van der Waals surface area contributed by atoms with Gasteiger partial charge in [-0.15, -0.1) is 11.8 Å². The molecule has 0 amide bonds. The second-order valence-corrected chi connectivity index (χ2v) is 5.23. The third-order valence-corrected chi connectivity index (χ3v) is 4.22. The van der Waals surface area contributed by atoms with Gasteiger partial charge in [0.25, 0.3) is 0 Å². The maximum absolute atomic E-state index is 6.11. The van der Waals surface area contributed by atoms with Gasteiger partial charge in [-0.3, -0.25) is 0 Å². The van der Waals surface area contributed by atoms with Gasteiger partial charge in [0, 0.05) is 16.2 Å². The van der Waals surface area contributed by atoms with Crippen LogP contribution < -0.4 is 5.73 Å². The van der Waals surface area contributed by atoms with E-state index in [0.717, 1.165) is 0 Å². The topological polar surface area (TPSA) is 26.0 Å². The van der Waals surface area contributed by atoms with Gasteiger partial charge < -0.3 is 5.73 Å². The lowest BCUT2D eigenvalue weighted by Gasteiger charge is -2.27. The molecule has 0 aliphatic heterocycles. The van der Waals surface area contributed by atoms with Crippen molar-refractivity contribution < 1.29 is 0 Å². The van der Waals surface area contributed by atoms with Gasteiger partial charge in [0.05, 0.1) is 0 Å². The predicted octanol–water partition coefficient (Wildman–Crippen LogP) is 3.05. The Bertz CT molecular complexity index is 273. The van der Waals surface area contributed by atoms with E-state index in [1.807, 2.05) is 11.8 Å². The van der Waals surface area contributed by atoms with E-state index in [4.69, 9.17) is 5.73 Å². The van der Waals surface area contributed by atoms with Gasteiger partial charge in [-0.2, -0.15) is 0 Å². The Balaban J connectivity index is 1.96. The minimum Gasteiger partial charge on any atom is -0.327 e. The fraction of sp³-hybridized carbons (Fsp3) is 0.500. The van der Waals surface area contributed by atoms with Crippen LogP contribution in [0.5, 0.6) is 0 Å². The minimum absolute atomic E-state index is 0.397. The summed E-state index contributed by atoms with van der Waals surface area (Å²) in [5, 5.41) is 0.631. The van der Waals surface area contributed by atoms with Crippen molar-refractivity contribution in [2.75, 3.05) is 0 Å². The largest absolute Gasteiger partial charge is 0.327 e. The van der Waals surface area contributed by atoms with Crippen LogP contribution in [0, 0.1) is 0 Å². The molecular formula is C12H17NS. The molecule has 1 aromatic rings. The molecule has 2 N–H and O–H groups in total. The average Bonchev–Trinajstić information content (AvgIpc) is 2.23. The van der Waals surface area contributed by atoms with Crippen molar-refractivity contribution in [3.05, 3.63) is 30.3 Å². The van der Waals surface area contributed by atoms with Gasteiger partial charge in [0.1, 0.15) is 0 Å². The van der Waals surface area contributed by atoms with Crippen molar-refractivity contribution in [3.8, 4) is 0 Å². The highest BCUT2D eigenvalue weighted by atomic mass is 32.2. The normalized spacial score (nSPS) is 27.5. The average molecular weight is 207 g/mol. The van der Waals surface area contributed by atoms with Crippen LogP contribution in [0.25, 0.3) is 0 Å². The maximum atomic E-state index is 6.11. The van der Waals surface area contributed by atoms with Crippen LogP contribution in [-0.2, 0) is 0 Å². The summed E-state index contributed by atoms with van der Waals surface area (Å²) in [6.45, 7) is 0. The Morgan fingerprint density at radius 1 is 1.07 bits per heavy atom. The van der Waals surface area contributed by atoms with Crippen molar-refractivity contribution in [2.45, 2.75) is 41.9 Å². The molecule has 2 heteroatoms. The number of hydrogen-bond donors (Lipinski definition) is 1. The monoisotopic (exact) mass is 207 g/mol. The molecule has 2 rings (SSSR count). The molecule has 1 aliphatic rings. The van der Waals surface area contributed by atoms with Crippen molar-refractivity contribution in [1.82, 2.24) is 0 Å². The van der Waals surface area contributed by atoms with Gasteiger partial charge in [0.15, 0.2) is 0 Å². The van der Waals surface area contributed by atoms with E-state index >= 15 is 0 Å². The SMILES string of the molecule is N[C@H]1CCCC[C@H]1Sc1ccccc1. The lowest BCUT2D eigenvalue weighted by Crippen LogP contribution is -2.35.